The van der Waals surface area contributed by atoms with Gasteiger partial charge < -0.3 is 8.22 Å². The van der Waals surface area contributed by atoms with E-state index in [-0.39, 0.29) is 12.1 Å². The van der Waals surface area contributed by atoms with Crippen LogP contribution in [-0.2, 0) is 0 Å². The lowest BCUT2D eigenvalue weighted by atomic mass is 10.4. The summed E-state index contributed by atoms with van der Waals surface area (Å²) in [6.07, 6.45) is 0. The fourth-order valence-electron chi connectivity index (χ4n) is 4.06. The maximum atomic E-state index is 16.8. The Morgan fingerprint density at radius 2 is 0.567 bits per heavy atom. The Bertz CT molecular complexity index is 887. The van der Waals surface area contributed by atoms with E-state index in [9.17, 15) is 0 Å². The summed E-state index contributed by atoms with van der Waals surface area (Å²) in [6, 6.07) is 37.8. The Labute approximate surface area is 179 Å². The quantitative estimate of drug-likeness (QED) is 0.300. The molecule has 0 nitrogen and oxygen atoms in total. The molecule has 0 bridgehead atoms. The van der Waals surface area contributed by atoms with Crippen LogP contribution in [0.5, 0.6) is 0 Å². The molecule has 0 heterocycles. The second-order valence-corrected chi connectivity index (χ2v) is 14.1. The van der Waals surface area contributed by atoms with E-state index >= 15 is 8.22 Å². The maximum absolute atomic E-state index is 16.8. The van der Waals surface area contributed by atoms with Crippen molar-refractivity contribution < 1.29 is 8.22 Å². The molecule has 0 aromatic heterocycles. The molecular formula is C26H24F2Si2. The molecule has 0 fully saturated rings. The third-order valence-electron chi connectivity index (χ3n) is 5.74. The zero-order valence-corrected chi connectivity index (χ0v) is 18.7. The lowest BCUT2D eigenvalue weighted by Gasteiger charge is -2.29. The van der Waals surface area contributed by atoms with Crippen molar-refractivity contribution in [3.8, 4) is 0 Å². The first-order valence-electron chi connectivity index (χ1n) is 10.2. The first-order chi connectivity index (χ1) is 14.6. The summed E-state index contributed by atoms with van der Waals surface area (Å²) in [5.74, 6) is 0. The van der Waals surface area contributed by atoms with Crippen LogP contribution in [0.2, 0.25) is 12.1 Å². The van der Waals surface area contributed by atoms with Crippen molar-refractivity contribution in [2.24, 2.45) is 0 Å². The third kappa shape index (κ3) is 4.06. The van der Waals surface area contributed by atoms with Gasteiger partial charge in [0.25, 0.3) is 0 Å². The highest BCUT2D eigenvalue weighted by Crippen LogP contribution is 2.23. The monoisotopic (exact) mass is 430 g/mol. The first-order valence-corrected chi connectivity index (χ1v) is 14.4. The van der Waals surface area contributed by atoms with Crippen LogP contribution >= 0.6 is 0 Å². The van der Waals surface area contributed by atoms with Gasteiger partial charge >= 0.3 is 16.8 Å². The maximum Gasteiger partial charge on any atom is 0.308 e. The molecule has 0 spiro atoms. The lowest BCUT2D eigenvalue weighted by Crippen LogP contribution is -2.59. The minimum atomic E-state index is -3.58. The number of halogens is 2. The van der Waals surface area contributed by atoms with E-state index in [4.69, 9.17) is 0 Å². The van der Waals surface area contributed by atoms with Crippen molar-refractivity contribution in [2.45, 2.75) is 12.1 Å². The molecule has 0 saturated heterocycles. The van der Waals surface area contributed by atoms with Crippen molar-refractivity contribution in [1.82, 2.24) is 0 Å². The van der Waals surface area contributed by atoms with E-state index in [0.29, 0.717) is 20.7 Å². The Morgan fingerprint density at radius 1 is 0.367 bits per heavy atom. The SMILES string of the molecule is F[Si](CC[Si](F)(c1ccccc1)c1ccccc1)(c1ccccc1)c1ccccc1. The number of benzene rings is 4. The van der Waals surface area contributed by atoms with E-state index in [1.807, 2.05) is 121 Å². The molecule has 4 aromatic rings. The van der Waals surface area contributed by atoms with Gasteiger partial charge in [-0.1, -0.05) is 121 Å². The zero-order valence-electron chi connectivity index (χ0n) is 16.7. The Morgan fingerprint density at radius 3 is 0.767 bits per heavy atom. The number of rotatable bonds is 7. The molecule has 0 radical (unpaired) electrons. The fourth-order valence-corrected chi connectivity index (χ4v) is 11.5. The molecule has 0 atom stereocenters. The molecule has 0 unspecified atom stereocenters. The van der Waals surface area contributed by atoms with Gasteiger partial charge in [-0.05, 0) is 32.8 Å². The van der Waals surface area contributed by atoms with Crippen molar-refractivity contribution in [2.75, 3.05) is 0 Å². The van der Waals surface area contributed by atoms with E-state index < -0.39 is 16.8 Å². The normalized spacial score (nSPS) is 11.9. The molecule has 150 valence electrons. The smallest absolute Gasteiger partial charge is 0.302 e. The molecular weight excluding hydrogens is 406 g/mol. The van der Waals surface area contributed by atoms with Crippen LogP contribution in [0, 0.1) is 0 Å². The van der Waals surface area contributed by atoms with Gasteiger partial charge in [0.2, 0.25) is 0 Å². The minimum Gasteiger partial charge on any atom is -0.302 e. The minimum absolute atomic E-state index is 0.216. The van der Waals surface area contributed by atoms with Gasteiger partial charge in [-0.3, -0.25) is 0 Å². The number of hydrogen-bond donors (Lipinski definition) is 0. The summed E-state index contributed by atoms with van der Waals surface area (Å²) >= 11 is 0. The molecule has 0 amide bonds. The lowest BCUT2D eigenvalue weighted by molar-refractivity contribution is 0.787. The Balaban J connectivity index is 1.76. The van der Waals surface area contributed by atoms with Gasteiger partial charge in [0, 0.05) is 0 Å². The fraction of sp³-hybridized carbons (Fsp3) is 0.0769. The van der Waals surface area contributed by atoms with Crippen LogP contribution in [0.4, 0.5) is 8.22 Å². The van der Waals surface area contributed by atoms with Crippen molar-refractivity contribution >= 4 is 37.6 Å². The van der Waals surface area contributed by atoms with Gasteiger partial charge in [0.05, 0.1) is 0 Å². The van der Waals surface area contributed by atoms with Crippen LogP contribution < -0.4 is 20.7 Å². The topological polar surface area (TPSA) is 0 Å². The average Bonchev–Trinajstić information content (AvgIpc) is 2.84. The van der Waals surface area contributed by atoms with Crippen LogP contribution in [0.15, 0.2) is 121 Å². The molecule has 0 aliphatic heterocycles. The Hall–Kier alpha value is -2.83. The van der Waals surface area contributed by atoms with E-state index in [1.54, 1.807) is 0 Å². The molecule has 0 aliphatic rings. The highest BCUT2D eigenvalue weighted by molar-refractivity contribution is 7.01. The first kappa shape index (κ1) is 20.4. The van der Waals surface area contributed by atoms with E-state index in [1.165, 1.54) is 0 Å². The third-order valence-corrected chi connectivity index (χ3v) is 13.1. The molecule has 4 heteroatoms. The van der Waals surface area contributed by atoms with Gasteiger partial charge in [-0.15, -0.1) is 0 Å². The summed E-state index contributed by atoms with van der Waals surface area (Å²) in [4.78, 5) is 0. The van der Waals surface area contributed by atoms with Crippen molar-refractivity contribution in [3.05, 3.63) is 121 Å². The zero-order chi connectivity index (χ0) is 20.9. The summed E-state index contributed by atoms with van der Waals surface area (Å²) in [6.45, 7) is 0. The predicted octanol–water partition coefficient (Wildman–Crippen LogP) is 4.45. The molecule has 0 aliphatic carbocycles. The van der Waals surface area contributed by atoms with Crippen LogP contribution in [0.25, 0.3) is 0 Å². The van der Waals surface area contributed by atoms with Crippen LogP contribution in [0.3, 0.4) is 0 Å². The van der Waals surface area contributed by atoms with E-state index in [2.05, 4.69) is 0 Å². The summed E-state index contributed by atoms with van der Waals surface area (Å²) < 4.78 is 33.6. The predicted molar refractivity (Wildman–Crippen MR) is 128 cm³/mol. The summed E-state index contributed by atoms with van der Waals surface area (Å²) in [5.41, 5.74) is 0. The summed E-state index contributed by atoms with van der Waals surface area (Å²) in [7, 11) is -7.16. The molecule has 0 saturated carbocycles. The largest absolute Gasteiger partial charge is 0.308 e. The highest BCUT2D eigenvalue weighted by Gasteiger charge is 2.45. The second-order valence-electron chi connectivity index (χ2n) is 7.57. The molecule has 0 N–H and O–H groups in total. The van der Waals surface area contributed by atoms with Gasteiger partial charge in [-0.2, -0.15) is 0 Å². The summed E-state index contributed by atoms with van der Waals surface area (Å²) in [5, 5.41) is 2.81. The molecule has 4 aromatic carbocycles. The van der Waals surface area contributed by atoms with Crippen LogP contribution in [-0.4, -0.2) is 16.8 Å². The van der Waals surface area contributed by atoms with E-state index in [0.717, 1.165) is 0 Å². The standard InChI is InChI=1S/C26H24F2Si2/c27-29(23-13-5-1-6-14-23,24-15-7-2-8-16-24)21-22-30(28,25-17-9-3-10-18-25)26-19-11-4-12-20-26/h1-20H,21-22H2. The average molecular weight is 431 g/mol. The van der Waals surface area contributed by atoms with Gasteiger partial charge in [0.15, 0.2) is 0 Å². The highest BCUT2D eigenvalue weighted by atomic mass is 28.4. The van der Waals surface area contributed by atoms with Crippen molar-refractivity contribution in [3.63, 3.8) is 0 Å². The second kappa shape index (κ2) is 8.90. The van der Waals surface area contributed by atoms with Crippen molar-refractivity contribution in [1.29, 1.82) is 0 Å². The molecule has 30 heavy (non-hydrogen) atoms. The number of hydrogen-bond acceptors (Lipinski definition) is 0. The Kier molecular flexibility index (Phi) is 6.06. The van der Waals surface area contributed by atoms with Crippen LogP contribution in [0.1, 0.15) is 0 Å². The van der Waals surface area contributed by atoms with Gasteiger partial charge in [-0.25, -0.2) is 0 Å². The molecule has 4 rings (SSSR count). The van der Waals surface area contributed by atoms with Gasteiger partial charge in [0.1, 0.15) is 0 Å².